The van der Waals surface area contributed by atoms with Crippen molar-refractivity contribution >= 4 is 11.6 Å². The summed E-state index contributed by atoms with van der Waals surface area (Å²) >= 11 is 5.79. The Morgan fingerprint density at radius 3 is 2.70 bits per heavy atom. The van der Waals surface area contributed by atoms with E-state index in [1.807, 2.05) is 0 Å². The van der Waals surface area contributed by atoms with Gasteiger partial charge in [-0.2, -0.15) is 0 Å². The van der Waals surface area contributed by atoms with Crippen molar-refractivity contribution in [3.63, 3.8) is 0 Å². The standard InChI is InChI=1S/C16H25ClFNO/c1-4-9-19-15(8-5-12(2)20-3)10-13-6-7-14(17)11-16(13)18/h6-7,11-12,15,19H,4-5,8-10H2,1-3H3. The largest absolute Gasteiger partial charge is 0.382 e. The molecular weight excluding hydrogens is 277 g/mol. The first-order valence-electron chi connectivity index (χ1n) is 7.26. The van der Waals surface area contributed by atoms with Crippen molar-refractivity contribution < 1.29 is 9.13 Å². The van der Waals surface area contributed by atoms with E-state index in [2.05, 4.69) is 19.2 Å². The van der Waals surface area contributed by atoms with Gasteiger partial charge in [0, 0.05) is 18.2 Å². The minimum absolute atomic E-state index is 0.222. The van der Waals surface area contributed by atoms with Gasteiger partial charge in [-0.15, -0.1) is 0 Å². The maximum Gasteiger partial charge on any atom is 0.127 e. The quantitative estimate of drug-likeness (QED) is 0.738. The second-order valence-electron chi connectivity index (χ2n) is 5.21. The number of hydrogen-bond donors (Lipinski definition) is 1. The highest BCUT2D eigenvalue weighted by molar-refractivity contribution is 6.30. The van der Waals surface area contributed by atoms with E-state index in [1.165, 1.54) is 6.07 Å². The van der Waals surface area contributed by atoms with Crippen molar-refractivity contribution in [1.82, 2.24) is 5.32 Å². The molecule has 20 heavy (non-hydrogen) atoms. The Kier molecular flexibility index (Phi) is 8.12. The molecule has 4 heteroatoms. The van der Waals surface area contributed by atoms with E-state index in [1.54, 1.807) is 19.2 Å². The van der Waals surface area contributed by atoms with Crippen LogP contribution in [0.5, 0.6) is 0 Å². The predicted octanol–water partition coefficient (Wildman–Crippen LogP) is 4.20. The highest BCUT2D eigenvalue weighted by Gasteiger charge is 2.13. The summed E-state index contributed by atoms with van der Waals surface area (Å²) in [7, 11) is 1.72. The molecule has 114 valence electrons. The van der Waals surface area contributed by atoms with Gasteiger partial charge in [-0.3, -0.25) is 0 Å². The van der Waals surface area contributed by atoms with Gasteiger partial charge in [0.05, 0.1) is 6.10 Å². The van der Waals surface area contributed by atoms with Crippen LogP contribution in [-0.4, -0.2) is 25.8 Å². The van der Waals surface area contributed by atoms with Gasteiger partial charge in [-0.25, -0.2) is 4.39 Å². The van der Waals surface area contributed by atoms with Crippen LogP contribution in [0.4, 0.5) is 4.39 Å². The van der Waals surface area contributed by atoms with Crippen LogP contribution < -0.4 is 5.32 Å². The maximum atomic E-state index is 13.9. The van der Waals surface area contributed by atoms with Gasteiger partial charge in [0.1, 0.15) is 5.82 Å². The second-order valence-corrected chi connectivity index (χ2v) is 5.65. The third-order valence-electron chi connectivity index (χ3n) is 3.49. The third kappa shape index (κ3) is 6.21. The number of nitrogens with one attached hydrogen (secondary N) is 1. The molecule has 0 aliphatic rings. The molecule has 2 nitrogen and oxygen atoms in total. The average molecular weight is 302 g/mol. The van der Waals surface area contributed by atoms with Crippen LogP contribution in [0, 0.1) is 5.82 Å². The molecule has 0 bridgehead atoms. The Balaban J connectivity index is 2.62. The lowest BCUT2D eigenvalue weighted by Gasteiger charge is -2.20. The van der Waals surface area contributed by atoms with Crippen LogP contribution in [-0.2, 0) is 11.2 Å². The van der Waals surface area contributed by atoms with E-state index in [4.69, 9.17) is 16.3 Å². The number of hydrogen-bond acceptors (Lipinski definition) is 2. The van der Waals surface area contributed by atoms with Gasteiger partial charge in [0.15, 0.2) is 0 Å². The van der Waals surface area contributed by atoms with Gasteiger partial charge in [-0.1, -0.05) is 24.6 Å². The van der Waals surface area contributed by atoms with E-state index >= 15 is 0 Å². The lowest BCUT2D eigenvalue weighted by atomic mass is 10.00. The molecule has 0 fully saturated rings. The molecule has 1 aromatic carbocycles. The van der Waals surface area contributed by atoms with Crippen LogP contribution in [0.1, 0.15) is 38.7 Å². The van der Waals surface area contributed by atoms with E-state index < -0.39 is 0 Å². The fourth-order valence-electron chi connectivity index (χ4n) is 2.13. The van der Waals surface area contributed by atoms with Crippen molar-refractivity contribution in [2.75, 3.05) is 13.7 Å². The zero-order valence-electron chi connectivity index (χ0n) is 12.6. The molecule has 0 spiro atoms. The normalized spacial score (nSPS) is 14.2. The fourth-order valence-corrected chi connectivity index (χ4v) is 2.29. The first kappa shape index (κ1) is 17.4. The monoisotopic (exact) mass is 301 g/mol. The van der Waals surface area contributed by atoms with Crippen molar-refractivity contribution in [3.05, 3.63) is 34.6 Å². The minimum Gasteiger partial charge on any atom is -0.382 e. The lowest BCUT2D eigenvalue weighted by molar-refractivity contribution is 0.106. The number of rotatable bonds is 9. The zero-order valence-corrected chi connectivity index (χ0v) is 13.3. The molecule has 1 aromatic rings. The Morgan fingerprint density at radius 2 is 2.10 bits per heavy atom. The van der Waals surface area contributed by atoms with Crippen molar-refractivity contribution in [1.29, 1.82) is 0 Å². The Bertz CT molecular complexity index is 400. The van der Waals surface area contributed by atoms with Crippen LogP contribution in [0.15, 0.2) is 18.2 Å². The fraction of sp³-hybridized carbons (Fsp3) is 0.625. The Morgan fingerprint density at radius 1 is 1.35 bits per heavy atom. The second kappa shape index (κ2) is 9.32. The molecule has 1 rings (SSSR count). The van der Waals surface area contributed by atoms with Crippen LogP contribution in [0.2, 0.25) is 5.02 Å². The first-order valence-corrected chi connectivity index (χ1v) is 7.64. The molecule has 2 atom stereocenters. The van der Waals surface area contributed by atoms with Gasteiger partial charge in [0.2, 0.25) is 0 Å². The summed E-state index contributed by atoms with van der Waals surface area (Å²) < 4.78 is 19.1. The molecule has 0 radical (unpaired) electrons. The van der Waals surface area contributed by atoms with Gasteiger partial charge in [0.25, 0.3) is 0 Å². The zero-order chi connectivity index (χ0) is 15.0. The molecule has 0 aliphatic carbocycles. The van der Waals surface area contributed by atoms with Crippen molar-refractivity contribution in [2.24, 2.45) is 0 Å². The molecule has 1 N–H and O–H groups in total. The summed E-state index contributed by atoms with van der Waals surface area (Å²) in [5, 5.41) is 3.93. The van der Waals surface area contributed by atoms with Gasteiger partial charge in [-0.05, 0) is 56.8 Å². The van der Waals surface area contributed by atoms with E-state index in [0.29, 0.717) is 17.0 Å². The van der Waals surface area contributed by atoms with Gasteiger partial charge >= 0.3 is 0 Å². The third-order valence-corrected chi connectivity index (χ3v) is 3.72. The van der Waals surface area contributed by atoms with Crippen LogP contribution >= 0.6 is 11.6 Å². The highest BCUT2D eigenvalue weighted by atomic mass is 35.5. The summed E-state index contributed by atoms with van der Waals surface area (Å²) in [6, 6.07) is 5.17. The predicted molar refractivity (Wildman–Crippen MR) is 82.9 cm³/mol. The maximum absolute atomic E-state index is 13.9. The Hall–Kier alpha value is -0.640. The summed E-state index contributed by atoms with van der Waals surface area (Å²) in [5.74, 6) is -0.222. The molecule has 0 aromatic heterocycles. The van der Waals surface area contributed by atoms with E-state index in [9.17, 15) is 4.39 Å². The minimum atomic E-state index is -0.222. The lowest BCUT2D eigenvalue weighted by Crippen LogP contribution is -2.33. The smallest absolute Gasteiger partial charge is 0.127 e. The van der Waals surface area contributed by atoms with Crippen molar-refractivity contribution in [2.45, 2.75) is 51.7 Å². The van der Waals surface area contributed by atoms with Gasteiger partial charge < -0.3 is 10.1 Å². The van der Waals surface area contributed by atoms with E-state index in [-0.39, 0.29) is 18.0 Å². The first-order chi connectivity index (χ1) is 9.56. The van der Waals surface area contributed by atoms with Crippen LogP contribution in [0.3, 0.4) is 0 Å². The number of halogens is 2. The van der Waals surface area contributed by atoms with E-state index in [0.717, 1.165) is 25.8 Å². The molecule has 2 unspecified atom stereocenters. The average Bonchev–Trinajstić information content (AvgIpc) is 2.43. The molecule has 0 saturated heterocycles. The molecule has 0 aliphatic heterocycles. The summed E-state index contributed by atoms with van der Waals surface area (Å²) in [6.45, 7) is 5.13. The molecule has 0 amide bonds. The highest BCUT2D eigenvalue weighted by Crippen LogP contribution is 2.17. The Labute approximate surface area is 126 Å². The number of ether oxygens (including phenoxy) is 1. The summed E-state index contributed by atoms with van der Waals surface area (Å²) in [6.07, 6.45) is 3.92. The molecule has 0 saturated carbocycles. The van der Waals surface area contributed by atoms with Crippen molar-refractivity contribution in [3.8, 4) is 0 Å². The molecular formula is C16H25ClFNO. The summed E-state index contributed by atoms with van der Waals surface area (Å²) in [4.78, 5) is 0. The molecule has 0 heterocycles. The topological polar surface area (TPSA) is 21.3 Å². The van der Waals surface area contributed by atoms with Crippen LogP contribution in [0.25, 0.3) is 0 Å². The summed E-state index contributed by atoms with van der Waals surface area (Å²) in [5.41, 5.74) is 0.716. The number of methoxy groups -OCH3 is 1. The number of benzene rings is 1. The SMILES string of the molecule is CCCNC(CCC(C)OC)Cc1ccc(Cl)cc1F.